The van der Waals surface area contributed by atoms with Crippen LogP contribution in [-0.4, -0.2) is 7.94 Å². The lowest BCUT2D eigenvalue weighted by atomic mass is 10.0. The van der Waals surface area contributed by atoms with Gasteiger partial charge in [0.15, 0.2) is 0 Å². The molecule has 0 saturated heterocycles. The van der Waals surface area contributed by atoms with Crippen molar-refractivity contribution in [3.8, 4) is 0 Å². The first kappa shape index (κ1) is 6.32. The highest BCUT2D eigenvalue weighted by Crippen LogP contribution is 2.40. The monoisotopic (exact) mass is 236 g/mol. The Bertz CT molecular complexity index is 145. The molecule has 1 unspecified atom stereocenters. The van der Waals surface area contributed by atoms with E-state index in [4.69, 9.17) is 0 Å². The minimum atomic E-state index is 0.575. The van der Waals surface area contributed by atoms with Crippen LogP contribution in [0.3, 0.4) is 0 Å². The average Bonchev–Trinajstić information content (AvgIpc) is 2.58. The predicted molar refractivity (Wildman–Crippen MR) is 50.4 cm³/mol. The molecule has 2 rings (SSSR count). The Morgan fingerprint density at radius 2 is 2.11 bits per heavy atom. The zero-order chi connectivity index (χ0) is 6.27. The maximum Gasteiger partial charge on any atom is -0.00468 e. The molecule has 1 saturated carbocycles. The van der Waals surface area contributed by atoms with Crippen LogP contribution in [0.25, 0.3) is 0 Å². The lowest BCUT2D eigenvalue weighted by molar-refractivity contribution is 0.751. The Labute approximate surface area is 66.8 Å². The van der Waals surface area contributed by atoms with Crippen LogP contribution in [0.15, 0.2) is 0 Å². The quantitative estimate of drug-likeness (QED) is 0.485. The van der Waals surface area contributed by atoms with Crippen LogP contribution >= 0.6 is 20.7 Å². The third-order valence-corrected chi connectivity index (χ3v) is 6.22. The topological polar surface area (TPSA) is 0 Å². The molecule has 1 aliphatic heterocycles. The van der Waals surface area contributed by atoms with E-state index in [1.165, 1.54) is 6.42 Å². The second kappa shape index (κ2) is 2.33. The fourth-order valence-corrected chi connectivity index (χ4v) is 5.64. The van der Waals surface area contributed by atoms with E-state index in [0.29, 0.717) is 20.7 Å². The van der Waals surface area contributed by atoms with Crippen LogP contribution in [-0.2, 0) is 0 Å². The molecular weight excluding hydrogens is 223 g/mol. The number of halogens is 1. The zero-order valence-electron chi connectivity index (χ0n) is 5.86. The van der Waals surface area contributed by atoms with Gasteiger partial charge in [0.1, 0.15) is 0 Å². The van der Waals surface area contributed by atoms with Crippen LogP contribution in [0.2, 0.25) is 0 Å². The van der Waals surface area contributed by atoms with Gasteiger partial charge in [-0.3, -0.25) is 0 Å². The molecular formula is C8H13I. The van der Waals surface area contributed by atoms with Gasteiger partial charge in [0.25, 0.3) is 0 Å². The van der Waals surface area contributed by atoms with Crippen molar-refractivity contribution in [2.75, 3.05) is 4.43 Å². The number of hydrogen-bond acceptors (Lipinski definition) is 0. The van der Waals surface area contributed by atoms with Crippen molar-refractivity contribution >= 4 is 24.2 Å². The van der Waals surface area contributed by atoms with Crippen LogP contribution < -0.4 is 0 Å². The van der Waals surface area contributed by atoms with Crippen molar-refractivity contribution in [3.05, 3.63) is 0 Å². The summed E-state index contributed by atoms with van der Waals surface area (Å²) >= 11 is 0.575. The van der Waals surface area contributed by atoms with Gasteiger partial charge in [-0.25, -0.2) is 0 Å². The van der Waals surface area contributed by atoms with Gasteiger partial charge < -0.3 is 0 Å². The summed E-state index contributed by atoms with van der Waals surface area (Å²) in [7, 11) is 0. The molecule has 1 atom stereocenters. The van der Waals surface area contributed by atoms with E-state index in [1.807, 2.05) is 3.51 Å². The first-order valence-electron chi connectivity index (χ1n) is 3.84. The summed E-state index contributed by atoms with van der Waals surface area (Å²) in [6, 6.07) is 0. The van der Waals surface area contributed by atoms with E-state index in [2.05, 4.69) is 6.92 Å². The Morgan fingerprint density at radius 1 is 1.33 bits per heavy atom. The molecule has 0 bridgehead atoms. The molecule has 0 spiro atoms. The molecule has 0 amide bonds. The van der Waals surface area contributed by atoms with Gasteiger partial charge >= 0.3 is 0 Å². The van der Waals surface area contributed by atoms with Gasteiger partial charge in [0.2, 0.25) is 0 Å². The molecule has 2 aliphatic rings. The highest BCUT2D eigenvalue weighted by Gasteiger charge is 2.31. The normalized spacial score (nSPS) is 35.7. The van der Waals surface area contributed by atoms with Gasteiger partial charge in [0, 0.05) is 0 Å². The summed E-state index contributed by atoms with van der Waals surface area (Å²) in [5, 5.41) is 0. The molecule has 0 aromatic rings. The molecule has 0 aromatic heterocycles. The van der Waals surface area contributed by atoms with E-state index < -0.39 is 0 Å². The predicted octanol–water partition coefficient (Wildman–Crippen LogP) is 2.58. The summed E-state index contributed by atoms with van der Waals surface area (Å²) < 4.78 is 3.61. The summed E-state index contributed by atoms with van der Waals surface area (Å²) in [6.45, 7) is 2.43. The second-order valence-corrected chi connectivity index (χ2v) is 6.26. The average molecular weight is 236 g/mol. The van der Waals surface area contributed by atoms with Gasteiger partial charge in [-0.05, 0) is 39.0 Å². The zero-order valence-corrected chi connectivity index (χ0v) is 8.02. The maximum atomic E-state index is 2.43. The van der Waals surface area contributed by atoms with Crippen LogP contribution in [0.4, 0.5) is 0 Å². The maximum absolute atomic E-state index is 2.43. The minimum absolute atomic E-state index is 0.575. The third kappa shape index (κ3) is 1.21. The molecule has 0 N–H and O–H groups in total. The molecule has 0 radical (unpaired) electrons. The molecule has 9 heavy (non-hydrogen) atoms. The van der Waals surface area contributed by atoms with E-state index in [1.54, 1.807) is 17.3 Å². The van der Waals surface area contributed by atoms with Crippen molar-refractivity contribution < 1.29 is 0 Å². The van der Waals surface area contributed by atoms with Crippen molar-refractivity contribution in [3.63, 3.8) is 0 Å². The van der Waals surface area contributed by atoms with E-state index in [9.17, 15) is 0 Å². The molecule has 1 heteroatoms. The summed E-state index contributed by atoms with van der Waals surface area (Å²) in [6.07, 6.45) is 4.61. The van der Waals surface area contributed by atoms with E-state index >= 15 is 0 Å². The van der Waals surface area contributed by atoms with Gasteiger partial charge in [0.05, 0.1) is 0 Å². The molecule has 1 heterocycles. The molecule has 1 aliphatic carbocycles. The Kier molecular flexibility index (Phi) is 1.64. The van der Waals surface area contributed by atoms with Crippen molar-refractivity contribution in [1.82, 2.24) is 0 Å². The van der Waals surface area contributed by atoms with E-state index in [-0.39, 0.29) is 0 Å². The van der Waals surface area contributed by atoms with Crippen LogP contribution in [0.5, 0.6) is 0 Å². The first-order valence-corrected chi connectivity index (χ1v) is 6.44. The molecule has 0 aromatic carbocycles. The lowest BCUT2D eigenvalue weighted by Crippen LogP contribution is -2.05. The molecule has 1 fully saturated rings. The van der Waals surface area contributed by atoms with E-state index in [0.717, 1.165) is 11.8 Å². The SMILES string of the molecule is CC1CCI=C1C1CC1. The highest BCUT2D eigenvalue weighted by molar-refractivity contribution is 14.2. The molecule has 52 valence electrons. The van der Waals surface area contributed by atoms with Crippen molar-refractivity contribution in [1.29, 1.82) is 0 Å². The second-order valence-electron chi connectivity index (χ2n) is 3.17. The summed E-state index contributed by atoms with van der Waals surface area (Å²) in [5.41, 5.74) is 0. The minimum Gasteiger partial charge on any atom is -0.123 e. The Hall–Kier alpha value is 0.600. The third-order valence-electron chi connectivity index (χ3n) is 2.23. The Morgan fingerprint density at radius 3 is 2.56 bits per heavy atom. The lowest BCUT2D eigenvalue weighted by Gasteiger charge is -2.04. The van der Waals surface area contributed by atoms with Crippen LogP contribution in [0.1, 0.15) is 26.2 Å². The van der Waals surface area contributed by atoms with Gasteiger partial charge in [-0.1, -0.05) is 6.92 Å². The largest absolute Gasteiger partial charge is 0.123 e. The smallest absolute Gasteiger partial charge is 0.00468 e. The van der Waals surface area contributed by atoms with Crippen LogP contribution in [0, 0.1) is 11.8 Å². The number of rotatable bonds is 1. The van der Waals surface area contributed by atoms with Crippen molar-refractivity contribution in [2.45, 2.75) is 26.2 Å². The summed E-state index contributed by atoms with van der Waals surface area (Å²) in [4.78, 5) is 0. The fourth-order valence-electron chi connectivity index (χ4n) is 1.47. The molecule has 0 nitrogen and oxygen atoms in total. The highest BCUT2D eigenvalue weighted by atomic mass is 127. The van der Waals surface area contributed by atoms with Gasteiger partial charge in [-0.15, -0.1) is 20.7 Å². The number of hydrogen-bond donors (Lipinski definition) is 0. The first-order chi connectivity index (χ1) is 4.38. The van der Waals surface area contributed by atoms with Gasteiger partial charge in [-0.2, -0.15) is 0 Å². The summed E-state index contributed by atoms with van der Waals surface area (Å²) in [5.74, 6) is 2.17. The standard InChI is InChI=1S/C8H13I/c1-6-4-5-9-8(6)7-2-3-7/h6-7H,2-5H2,1H3. The fraction of sp³-hybridized carbons (Fsp3) is 0.875. The van der Waals surface area contributed by atoms with Crippen molar-refractivity contribution in [2.24, 2.45) is 11.8 Å². The number of alkyl halides is 1. The Balaban J connectivity index is 2.07.